The summed E-state index contributed by atoms with van der Waals surface area (Å²) in [5.41, 5.74) is 0. The van der Waals surface area contributed by atoms with Crippen molar-refractivity contribution in [2.75, 3.05) is 7.11 Å². The first-order chi connectivity index (χ1) is 5.54. The first-order valence-corrected chi connectivity index (χ1v) is 2.84. The van der Waals surface area contributed by atoms with Crippen LogP contribution < -0.4 is 4.74 Å². The maximum Gasteiger partial charge on any atom is 0.451 e. The molecule has 0 saturated carbocycles. The highest BCUT2D eigenvalue weighted by molar-refractivity contribution is 4.97. The fourth-order valence-corrected chi connectivity index (χ4v) is 0.516. The quantitative estimate of drug-likeness (QED) is 0.642. The van der Waals surface area contributed by atoms with E-state index in [0.29, 0.717) is 0 Å². The predicted molar refractivity (Wildman–Crippen MR) is 31.4 cm³/mol. The summed E-state index contributed by atoms with van der Waals surface area (Å²) < 4.78 is 40.1. The molecule has 0 saturated heterocycles. The van der Waals surface area contributed by atoms with Crippen LogP contribution in [0.25, 0.3) is 0 Å². The zero-order valence-electron chi connectivity index (χ0n) is 5.96. The van der Waals surface area contributed by atoms with Crippen molar-refractivity contribution in [3.63, 3.8) is 0 Å². The van der Waals surface area contributed by atoms with Crippen LogP contribution in [0.1, 0.15) is 5.82 Å². The Morgan fingerprint density at radius 2 is 2.00 bits per heavy atom. The molecule has 1 aromatic rings. The molecule has 1 rings (SSSR count). The van der Waals surface area contributed by atoms with Gasteiger partial charge < -0.3 is 4.74 Å². The zero-order chi connectivity index (χ0) is 9.19. The van der Waals surface area contributed by atoms with Gasteiger partial charge in [0, 0.05) is 0 Å². The largest absolute Gasteiger partial charge is 0.467 e. The number of nitrogens with zero attached hydrogens (tertiary/aromatic N) is 3. The molecule has 4 nitrogen and oxygen atoms in total. The third-order valence-corrected chi connectivity index (χ3v) is 0.986. The minimum Gasteiger partial charge on any atom is -0.467 e. The van der Waals surface area contributed by atoms with Gasteiger partial charge in [0.1, 0.15) is 6.33 Å². The maximum atomic E-state index is 11.9. The van der Waals surface area contributed by atoms with Gasteiger partial charge in [0.25, 0.3) is 0 Å². The molecule has 0 unspecified atom stereocenters. The summed E-state index contributed by atoms with van der Waals surface area (Å²) in [5.74, 6) is -1.26. The first kappa shape index (κ1) is 8.69. The Labute approximate surface area is 65.4 Å². The monoisotopic (exact) mass is 179 g/mol. The van der Waals surface area contributed by atoms with E-state index in [1.165, 1.54) is 7.11 Å². The number of methoxy groups -OCH3 is 1. The van der Waals surface area contributed by atoms with Crippen molar-refractivity contribution < 1.29 is 17.9 Å². The van der Waals surface area contributed by atoms with Gasteiger partial charge in [-0.25, -0.2) is 4.98 Å². The number of aromatic nitrogens is 3. The fraction of sp³-hybridized carbons (Fsp3) is 0.400. The van der Waals surface area contributed by atoms with Gasteiger partial charge in [0.05, 0.1) is 7.11 Å². The van der Waals surface area contributed by atoms with E-state index in [1.807, 2.05) is 0 Å². The van der Waals surface area contributed by atoms with E-state index in [9.17, 15) is 13.2 Å². The van der Waals surface area contributed by atoms with Gasteiger partial charge in [-0.15, -0.1) is 0 Å². The van der Waals surface area contributed by atoms with Crippen LogP contribution in [0.15, 0.2) is 6.33 Å². The van der Waals surface area contributed by atoms with E-state index in [1.54, 1.807) is 0 Å². The molecule has 0 aliphatic carbocycles. The van der Waals surface area contributed by atoms with Gasteiger partial charge in [-0.3, -0.25) is 0 Å². The molecule has 0 radical (unpaired) electrons. The molecule has 0 spiro atoms. The molecule has 0 aromatic carbocycles. The van der Waals surface area contributed by atoms with Crippen molar-refractivity contribution in [2.24, 2.45) is 0 Å². The Hall–Kier alpha value is -1.40. The molecule has 0 aliphatic rings. The minimum atomic E-state index is -4.56. The highest BCUT2D eigenvalue weighted by Crippen LogP contribution is 2.25. The molecule has 0 bridgehead atoms. The van der Waals surface area contributed by atoms with Crippen LogP contribution >= 0.6 is 0 Å². The summed E-state index contributed by atoms with van der Waals surface area (Å²) in [6.07, 6.45) is -3.81. The van der Waals surface area contributed by atoms with Gasteiger partial charge in [-0.2, -0.15) is 23.1 Å². The average Bonchev–Trinajstić information content (AvgIpc) is 2.03. The molecule has 66 valence electrons. The zero-order valence-corrected chi connectivity index (χ0v) is 5.96. The van der Waals surface area contributed by atoms with E-state index in [-0.39, 0.29) is 6.01 Å². The van der Waals surface area contributed by atoms with Crippen LogP contribution in [-0.2, 0) is 6.18 Å². The van der Waals surface area contributed by atoms with Crippen molar-refractivity contribution in [2.45, 2.75) is 6.18 Å². The summed E-state index contributed by atoms with van der Waals surface area (Å²) >= 11 is 0. The standard InChI is InChI=1S/C5H4F3N3O/c1-12-4-10-2-9-3(11-4)5(6,7)8/h2H,1H3. The number of alkyl halides is 3. The second-order valence-electron chi connectivity index (χ2n) is 1.79. The molecule has 0 atom stereocenters. The van der Waals surface area contributed by atoms with Crippen molar-refractivity contribution in [3.8, 4) is 6.01 Å². The lowest BCUT2D eigenvalue weighted by atomic mass is 10.6. The van der Waals surface area contributed by atoms with E-state index in [2.05, 4.69) is 19.7 Å². The van der Waals surface area contributed by atoms with E-state index in [4.69, 9.17) is 0 Å². The highest BCUT2D eigenvalue weighted by atomic mass is 19.4. The van der Waals surface area contributed by atoms with E-state index in [0.717, 1.165) is 6.33 Å². The third kappa shape index (κ3) is 1.80. The Balaban J connectivity index is 3.02. The third-order valence-electron chi connectivity index (χ3n) is 0.986. The second kappa shape index (κ2) is 2.92. The van der Waals surface area contributed by atoms with Crippen LogP contribution in [0, 0.1) is 0 Å². The van der Waals surface area contributed by atoms with Crippen LogP contribution in [0.2, 0.25) is 0 Å². The Morgan fingerprint density at radius 1 is 1.33 bits per heavy atom. The molecular formula is C5H4F3N3O. The van der Waals surface area contributed by atoms with Crippen LogP contribution in [0.3, 0.4) is 0 Å². The molecule has 1 aromatic heterocycles. The van der Waals surface area contributed by atoms with E-state index >= 15 is 0 Å². The normalized spacial score (nSPS) is 11.3. The van der Waals surface area contributed by atoms with Crippen LogP contribution in [0.5, 0.6) is 6.01 Å². The lowest BCUT2D eigenvalue weighted by Gasteiger charge is -2.03. The molecule has 0 amide bonds. The maximum absolute atomic E-state index is 11.9. The van der Waals surface area contributed by atoms with Gasteiger partial charge in [-0.1, -0.05) is 0 Å². The Bertz CT molecular complexity index is 275. The first-order valence-electron chi connectivity index (χ1n) is 2.84. The van der Waals surface area contributed by atoms with Gasteiger partial charge in [0.2, 0.25) is 5.82 Å². The van der Waals surface area contributed by atoms with Crippen LogP contribution in [0.4, 0.5) is 13.2 Å². The van der Waals surface area contributed by atoms with Crippen molar-refractivity contribution in [1.82, 2.24) is 15.0 Å². The van der Waals surface area contributed by atoms with Crippen LogP contribution in [-0.4, -0.2) is 22.1 Å². The van der Waals surface area contributed by atoms with E-state index < -0.39 is 12.0 Å². The number of ether oxygens (including phenoxy) is 1. The summed E-state index contributed by atoms with van der Waals surface area (Å²) in [6, 6.07) is -0.350. The summed E-state index contributed by atoms with van der Waals surface area (Å²) in [6.45, 7) is 0. The lowest BCUT2D eigenvalue weighted by Crippen LogP contribution is -2.11. The molecular weight excluding hydrogens is 175 g/mol. The molecule has 12 heavy (non-hydrogen) atoms. The number of rotatable bonds is 1. The number of hydrogen-bond acceptors (Lipinski definition) is 4. The van der Waals surface area contributed by atoms with Crippen molar-refractivity contribution in [3.05, 3.63) is 12.2 Å². The molecule has 0 fully saturated rings. The van der Waals surface area contributed by atoms with Gasteiger partial charge in [0.15, 0.2) is 0 Å². The topological polar surface area (TPSA) is 47.9 Å². The Morgan fingerprint density at radius 3 is 2.50 bits per heavy atom. The summed E-state index contributed by atoms with van der Waals surface area (Å²) in [5, 5.41) is 0. The minimum absolute atomic E-state index is 0.350. The molecule has 1 heterocycles. The smallest absolute Gasteiger partial charge is 0.451 e. The fourth-order valence-electron chi connectivity index (χ4n) is 0.516. The average molecular weight is 179 g/mol. The molecule has 0 N–H and O–H groups in total. The second-order valence-corrected chi connectivity index (χ2v) is 1.79. The number of halogens is 3. The Kier molecular flexibility index (Phi) is 2.11. The molecule has 0 aliphatic heterocycles. The predicted octanol–water partition coefficient (Wildman–Crippen LogP) is 0.899. The molecule has 7 heteroatoms. The van der Waals surface area contributed by atoms with Gasteiger partial charge >= 0.3 is 12.2 Å². The van der Waals surface area contributed by atoms with Crippen molar-refractivity contribution >= 4 is 0 Å². The van der Waals surface area contributed by atoms with Crippen molar-refractivity contribution in [1.29, 1.82) is 0 Å². The highest BCUT2D eigenvalue weighted by Gasteiger charge is 2.35. The summed E-state index contributed by atoms with van der Waals surface area (Å²) in [4.78, 5) is 9.25. The lowest BCUT2D eigenvalue weighted by molar-refractivity contribution is -0.145. The van der Waals surface area contributed by atoms with Gasteiger partial charge in [-0.05, 0) is 0 Å². The number of hydrogen-bond donors (Lipinski definition) is 0. The SMILES string of the molecule is COc1ncnc(C(F)(F)F)n1. The summed E-state index contributed by atoms with van der Waals surface area (Å²) in [7, 11) is 1.18.